The predicted octanol–water partition coefficient (Wildman–Crippen LogP) is 0.771. The van der Waals surface area contributed by atoms with Crippen molar-refractivity contribution in [3.63, 3.8) is 0 Å². The molecule has 2 heterocycles. The Hall–Kier alpha value is -1.89. The number of nitrogens with one attached hydrogen (secondary N) is 1. The Kier molecular flexibility index (Phi) is 4.86. The molecule has 0 unspecified atom stereocenters. The van der Waals surface area contributed by atoms with Crippen molar-refractivity contribution in [3.05, 3.63) is 35.9 Å². The number of nitrogens with zero attached hydrogens (tertiary/aromatic N) is 1. The molecule has 0 aromatic heterocycles. The SMILES string of the molecule is C[C@@]1(NC(=O)[C@H]2CC(=O)N(CCc3ccccc3)C2)CCS(=O)(=O)C1. The molecular weight excluding hydrogens is 340 g/mol. The minimum absolute atomic E-state index is 0.0136. The van der Waals surface area contributed by atoms with E-state index < -0.39 is 21.3 Å². The van der Waals surface area contributed by atoms with Crippen molar-refractivity contribution in [2.75, 3.05) is 24.6 Å². The summed E-state index contributed by atoms with van der Waals surface area (Å²) in [7, 11) is -3.08. The number of sulfone groups is 1. The minimum atomic E-state index is -3.08. The van der Waals surface area contributed by atoms with Gasteiger partial charge >= 0.3 is 0 Å². The predicted molar refractivity (Wildman–Crippen MR) is 94.7 cm³/mol. The van der Waals surface area contributed by atoms with E-state index in [2.05, 4.69) is 5.32 Å². The van der Waals surface area contributed by atoms with Gasteiger partial charge in [-0.15, -0.1) is 0 Å². The molecule has 0 aliphatic carbocycles. The van der Waals surface area contributed by atoms with Crippen LogP contribution in [0.4, 0.5) is 0 Å². The number of benzene rings is 1. The van der Waals surface area contributed by atoms with Crippen LogP contribution in [0.5, 0.6) is 0 Å². The lowest BCUT2D eigenvalue weighted by atomic mass is 9.99. The Morgan fingerprint density at radius 3 is 2.68 bits per heavy atom. The number of hydrogen-bond acceptors (Lipinski definition) is 4. The van der Waals surface area contributed by atoms with Crippen LogP contribution in [0.2, 0.25) is 0 Å². The molecule has 0 saturated carbocycles. The van der Waals surface area contributed by atoms with E-state index in [0.717, 1.165) is 12.0 Å². The van der Waals surface area contributed by atoms with E-state index in [1.807, 2.05) is 30.3 Å². The average molecular weight is 364 g/mol. The zero-order valence-corrected chi connectivity index (χ0v) is 15.2. The number of carbonyl (C=O) groups excluding carboxylic acids is 2. The largest absolute Gasteiger partial charge is 0.350 e. The maximum atomic E-state index is 12.5. The van der Waals surface area contributed by atoms with Crippen molar-refractivity contribution in [1.82, 2.24) is 10.2 Å². The van der Waals surface area contributed by atoms with E-state index in [1.54, 1.807) is 11.8 Å². The summed E-state index contributed by atoms with van der Waals surface area (Å²) < 4.78 is 23.3. The second-order valence-corrected chi connectivity index (χ2v) is 9.55. The number of likely N-dealkylation sites (tertiary alicyclic amines) is 1. The Morgan fingerprint density at radius 2 is 2.04 bits per heavy atom. The molecule has 1 aromatic carbocycles. The van der Waals surface area contributed by atoms with E-state index in [4.69, 9.17) is 0 Å². The summed E-state index contributed by atoms with van der Waals surface area (Å²) in [6, 6.07) is 9.92. The van der Waals surface area contributed by atoms with Gasteiger partial charge in [0.15, 0.2) is 9.84 Å². The molecular formula is C18H24N2O4S. The van der Waals surface area contributed by atoms with Gasteiger partial charge in [-0.25, -0.2) is 8.42 Å². The van der Waals surface area contributed by atoms with Crippen LogP contribution in [0.15, 0.2) is 30.3 Å². The fourth-order valence-corrected chi connectivity index (χ4v) is 5.67. The number of carbonyl (C=O) groups is 2. The van der Waals surface area contributed by atoms with E-state index in [0.29, 0.717) is 19.5 Å². The third kappa shape index (κ3) is 4.39. The summed E-state index contributed by atoms with van der Waals surface area (Å²) in [5.74, 6) is -0.542. The fourth-order valence-electron chi connectivity index (χ4n) is 3.58. The molecule has 7 heteroatoms. The highest BCUT2D eigenvalue weighted by Crippen LogP contribution is 2.25. The van der Waals surface area contributed by atoms with E-state index >= 15 is 0 Å². The van der Waals surface area contributed by atoms with Crippen LogP contribution in [-0.2, 0) is 25.8 Å². The minimum Gasteiger partial charge on any atom is -0.350 e. The van der Waals surface area contributed by atoms with Gasteiger partial charge in [-0.3, -0.25) is 9.59 Å². The van der Waals surface area contributed by atoms with E-state index in [1.165, 1.54) is 0 Å². The molecule has 25 heavy (non-hydrogen) atoms. The third-order valence-corrected chi connectivity index (χ3v) is 6.93. The van der Waals surface area contributed by atoms with Crippen LogP contribution in [-0.4, -0.2) is 55.3 Å². The summed E-state index contributed by atoms with van der Waals surface area (Å²) in [4.78, 5) is 26.4. The standard InChI is InChI=1S/C18H24N2O4S/c1-18(8-10-25(23,24)13-18)19-17(22)15-11-16(21)20(12-15)9-7-14-5-3-2-4-6-14/h2-6,15H,7-13H2,1H3,(H,19,22)/t15-,18+/m0/s1. The summed E-state index contributed by atoms with van der Waals surface area (Å²) in [5, 5.41) is 2.87. The topological polar surface area (TPSA) is 83.6 Å². The van der Waals surface area contributed by atoms with Gasteiger partial charge in [0.05, 0.1) is 23.0 Å². The first kappa shape index (κ1) is 17.9. The van der Waals surface area contributed by atoms with Crippen molar-refractivity contribution in [3.8, 4) is 0 Å². The zero-order valence-electron chi connectivity index (χ0n) is 14.4. The van der Waals surface area contributed by atoms with Crippen LogP contribution in [0, 0.1) is 5.92 Å². The van der Waals surface area contributed by atoms with Crippen molar-refractivity contribution in [2.45, 2.75) is 31.7 Å². The molecule has 6 nitrogen and oxygen atoms in total. The highest BCUT2D eigenvalue weighted by molar-refractivity contribution is 7.91. The number of hydrogen-bond donors (Lipinski definition) is 1. The molecule has 1 aromatic rings. The van der Waals surface area contributed by atoms with Crippen molar-refractivity contribution in [2.24, 2.45) is 5.92 Å². The van der Waals surface area contributed by atoms with Gasteiger partial charge in [-0.1, -0.05) is 30.3 Å². The summed E-state index contributed by atoms with van der Waals surface area (Å²) in [5.41, 5.74) is 0.447. The summed E-state index contributed by atoms with van der Waals surface area (Å²) in [6.45, 7) is 2.76. The monoisotopic (exact) mass is 364 g/mol. The molecule has 0 spiro atoms. The van der Waals surface area contributed by atoms with Gasteiger partial charge in [-0.2, -0.15) is 0 Å². The lowest BCUT2D eigenvalue weighted by Gasteiger charge is -2.25. The molecule has 2 saturated heterocycles. The molecule has 1 N–H and O–H groups in total. The second kappa shape index (κ2) is 6.78. The maximum absolute atomic E-state index is 12.5. The molecule has 2 atom stereocenters. The normalized spacial score (nSPS) is 28.3. The van der Waals surface area contributed by atoms with Crippen LogP contribution < -0.4 is 5.32 Å². The highest BCUT2D eigenvalue weighted by Gasteiger charge is 2.42. The molecule has 2 amide bonds. The van der Waals surface area contributed by atoms with Crippen LogP contribution in [0.3, 0.4) is 0 Å². The fraction of sp³-hybridized carbons (Fsp3) is 0.556. The van der Waals surface area contributed by atoms with Gasteiger partial charge in [0.1, 0.15) is 0 Å². The molecule has 2 fully saturated rings. The average Bonchev–Trinajstić information content (AvgIpc) is 3.05. The molecule has 136 valence electrons. The van der Waals surface area contributed by atoms with E-state index in [9.17, 15) is 18.0 Å². The molecule has 0 radical (unpaired) electrons. The lowest BCUT2D eigenvalue weighted by Crippen LogP contribution is -2.49. The Balaban J connectivity index is 1.54. The van der Waals surface area contributed by atoms with Crippen molar-refractivity contribution in [1.29, 1.82) is 0 Å². The highest BCUT2D eigenvalue weighted by atomic mass is 32.2. The second-order valence-electron chi connectivity index (χ2n) is 7.37. The Bertz CT molecular complexity index is 763. The van der Waals surface area contributed by atoms with Crippen LogP contribution >= 0.6 is 0 Å². The number of amides is 2. The summed E-state index contributed by atoms with van der Waals surface area (Å²) in [6.07, 6.45) is 1.39. The van der Waals surface area contributed by atoms with E-state index in [-0.39, 0.29) is 29.7 Å². The Morgan fingerprint density at radius 1 is 1.32 bits per heavy atom. The number of rotatable bonds is 5. The Labute approximate surface area is 148 Å². The first-order valence-electron chi connectivity index (χ1n) is 8.61. The van der Waals surface area contributed by atoms with Crippen molar-refractivity contribution >= 4 is 21.7 Å². The van der Waals surface area contributed by atoms with Crippen LogP contribution in [0.25, 0.3) is 0 Å². The summed E-state index contributed by atoms with van der Waals surface area (Å²) >= 11 is 0. The first-order chi connectivity index (χ1) is 11.8. The van der Waals surface area contributed by atoms with Gasteiger partial charge in [0.25, 0.3) is 0 Å². The van der Waals surface area contributed by atoms with Crippen LogP contribution in [0.1, 0.15) is 25.3 Å². The molecule has 2 aliphatic rings. The quantitative estimate of drug-likeness (QED) is 0.837. The van der Waals surface area contributed by atoms with Gasteiger partial charge < -0.3 is 10.2 Å². The van der Waals surface area contributed by atoms with Gasteiger partial charge in [0.2, 0.25) is 11.8 Å². The molecule has 0 bridgehead atoms. The maximum Gasteiger partial charge on any atom is 0.225 e. The lowest BCUT2D eigenvalue weighted by molar-refractivity contribution is -0.129. The third-order valence-electron chi connectivity index (χ3n) is 5.03. The molecule has 3 rings (SSSR count). The van der Waals surface area contributed by atoms with Gasteiger partial charge in [-0.05, 0) is 25.3 Å². The van der Waals surface area contributed by atoms with Crippen molar-refractivity contribution < 1.29 is 18.0 Å². The first-order valence-corrected chi connectivity index (χ1v) is 10.4. The smallest absolute Gasteiger partial charge is 0.225 e. The van der Waals surface area contributed by atoms with Gasteiger partial charge in [0, 0.05) is 19.5 Å². The molecule has 2 aliphatic heterocycles. The zero-order chi connectivity index (χ0) is 18.1.